The summed E-state index contributed by atoms with van der Waals surface area (Å²) in [5.41, 5.74) is 1.62. The van der Waals surface area contributed by atoms with Gasteiger partial charge in [-0.25, -0.2) is 9.29 Å². The Morgan fingerprint density at radius 1 is 0.889 bits per heavy atom. The van der Waals surface area contributed by atoms with Gasteiger partial charge in [-0.2, -0.15) is 0 Å². The molecule has 2 amide bonds. The number of imide groups is 1. The first-order valence-electron chi connectivity index (χ1n) is 8.96. The van der Waals surface area contributed by atoms with Crippen molar-refractivity contribution in [2.24, 2.45) is 0 Å². The fraction of sp³-hybridized carbons (Fsp3) is 0.238. The Hall–Kier alpha value is -2.66. The highest BCUT2D eigenvalue weighted by atomic mass is 35.5. The first-order valence-corrected chi connectivity index (χ1v) is 9.33. The number of rotatable bonds is 3. The highest BCUT2D eigenvalue weighted by Crippen LogP contribution is 2.36. The molecule has 6 heteroatoms. The van der Waals surface area contributed by atoms with Crippen LogP contribution in [0.4, 0.5) is 10.1 Å². The molecule has 2 aliphatic heterocycles. The third-order valence-electron chi connectivity index (χ3n) is 4.93. The van der Waals surface area contributed by atoms with Gasteiger partial charge in [0.15, 0.2) is 0 Å². The molecule has 0 aromatic heterocycles. The molecular formula is C21H18ClFN2O2. The lowest BCUT2D eigenvalue weighted by Gasteiger charge is -2.29. The molecule has 0 aliphatic carbocycles. The van der Waals surface area contributed by atoms with E-state index in [-0.39, 0.29) is 5.69 Å². The Morgan fingerprint density at radius 3 is 2.26 bits per heavy atom. The second kappa shape index (κ2) is 7.16. The van der Waals surface area contributed by atoms with E-state index in [0.29, 0.717) is 21.9 Å². The van der Waals surface area contributed by atoms with Crippen LogP contribution in [0.1, 0.15) is 24.8 Å². The van der Waals surface area contributed by atoms with Gasteiger partial charge in [0.1, 0.15) is 11.5 Å². The van der Waals surface area contributed by atoms with Crippen LogP contribution in [0.3, 0.4) is 0 Å². The number of likely N-dealkylation sites (tertiary alicyclic amines) is 1. The summed E-state index contributed by atoms with van der Waals surface area (Å²) in [6.45, 7) is 1.45. The zero-order chi connectivity index (χ0) is 19.0. The average molecular weight is 385 g/mol. The molecule has 0 N–H and O–H groups in total. The summed E-state index contributed by atoms with van der Waals surface area (Å²) in [5, 5.41) is 0.553. The van der Waals surface area contributed by atoms with E-state index in [2.05, 4.69) is 0 Å². The highest BCUT2D eigenvalue weighted by molar-refractivity contribution is 6.45. The van der Waals surface area contributed by atoms with Gasteiger partial charge in [-0.05, 0) is 55.2 Å². The van der Waals surface area contributed by atoms with Crippen LogP contribution in [0.25, 0.3) is 5.57 Å². The molecule has 2 aliphatic rings. The molecule has 4 nitrogen and oxygen atoms in total. The van der Waals surface area contributed by atoms with Crippen molar-refractivity contribution in [2.75, 3.05) is 18.0 Å². The zero-order valence-electron chi connectivity index (χ0n) is 14.6. The largest absolute Gasteiger partial charge is 0.366 e. The first kappa shape index (κ1) is 17.7. The Balaban J connectivity index is 1.83. The van der Waals surface area contributed by atoms with Crippen LogP contribution in [-0.4, -0.2) is 29.8 Å². The zero-order valence-corrected chi connectivity index (χ0v) is 15.4. The lowest BCUT2D eigenvalue weighted by atomic mass is 10.0. The molecule has 0 saturated carbocycles. The van der Waals surface area contributed by atoms with Crippen LogP contribution in [-0.2, 0) is 9.59 Å². The number of carbonyl (C=O) groups is 2. The molecule has 2 heterocycles. The van der Waals surface area contributed by atoms with Crippen molar-refractivity contribution >= 4 is 34.7 Å². The quantitative estimate of drug-likeness (QED) is 0.743. The minimum absolute atomic E-state index is 0.239. The lowest BCUT2D eigenvalue weighted by molar-refractivity contribution is -0.120. The van der Waals surface area contributed by atoms with E-state index in [1.807, 2.05) is 4.90 Å². The second-order valence-electron chi connectivity index (χ2n) is 6.70. The van der Waals surface area contributed by atoms with Crippen molar-refractivity contribution in [1.82, 2.24) is 4.90 Å². The SMILES string of the molecule is O=C1C(c2ccc(Cl)cc2)=C(N2CCCCC2)C(=O)N1c1cccc(F)c1. The second-order valence-corrected chi connectivity index (χ2v) is 7.14. The number of benzene rings is 2. The third-order valence-corrected chi connectivity index (χ3v) is 5.18. The molecule has 1 saturated heterocycles. The predicted molar refractivity (Wildman–Crippen MR) is 103 cm³/mol. The third kappa shape index (κ3) is 3.23. The van der Waals surface area contributed by atoms with Crippen LogP contribution in [0.15, 0.2) is 54.2 Å². The molecule has 0 radical (unpaired) electrons. The van der Waals surface area contributed by atoms with Gasteiger partial charge in [0.2, 0.25) is 0 Å². The molecule has 4 rings (SSSR count). The lowest BCUT2D eigenvalue weighted by Crippen LogP contribution is -2.37. The summed E-state index contributed by atoms with van der Waals surface area (Å²) in [7, 11) is 0. The Labute approximate surface area is 161 Å². The number of amides is 2. The van der Waals surface area contributed by atoms with Crippen LogP contribution >= 0.6 is 11.6 Å². The smallest absolute Gasteiger partial charge is 0.282 e. The number of hydrogen-bond acceptors (Lipinski definition) is 3. The molecule has 2 aromatic carbocycles. The molecule has 2 aromatic rings. The minimum Gasteiger partial charge on any atom is -0.366 e. The van der Waals surface area contributed by atoms with Crippen LogP contribution in [0, 0.1) is 5.82 Å². The van der Waals surface area contributed by atoms with Crippen molar-refractivity contribution < 1.29 is 14.0 Å². The van der Waals surface area contributed by atoms with E-state index >= 15 is 0 Å². The first-order chi connectivity index (χ1) is 13.1. The number of piperidine rings is 1. The topological polar surface area (TPSA) is 40.6 Å². The van der Waals surface area contributed by atoms with Gasteiger partial charge in [0, 0.05) is 18.1 Å². The maximum atomic E-state index is 13.7. The van der Waals surface area contributed by atoms with E-state index in [4.69, 9.17) is 11.6 Å². The molecule has 0 unspecified atom stereocenters. The Bertz CT molecular complexity index is 933. The van der Waals surface area contributed by atoms with E-state index in [0.717, 1.165) is 37.3 Å². The molecule has 0 atom stereocenters. The average Bonchev–Trinajstić information content (AvgIpc) is 2.93. The maximum absolute atomic E-state index is 13.7. The van der Waals surface area contributed by atoms with Gasteiger partial charge in [-0.15, -0.1) is 0 Å². The number of halogens is 2. The summed E-state index contributed by atoms with van der Waals surface area (Å²) in [6, 6.07) is 12.4. The van der Waals surface area contributed by atoms with Crippen molar-refractivity contribution in [2.45, 2.75) is 19.3 Å². The molecule has 138 valence electrons. The molecular weight excluding hydrogens is 367 g/mol. The monoisotopic (exact) mass is 384 g/mol. The standard InChI is InChI=1S/C21H18ClFN2O2/c22-15-9-7-14(8-10-15)18-19(24-11-2-1-3-12-24)21(27)25(20(18)26)17-6-4-5-16(23)13-17/h4-10,13H,1-3,11-12H2. The fourth-order valence-electron chi connectivity index (χ4n) is 3.66. The normalized spacial score (nSPS) is 17.9. The molecule has 1 fully saturated rings. The van der Waals surface area contributed by atoms with Gasteiger partial charge >= 0.3 is 0 Å². The number of hydrogen-bond donors (Lipinski definition) is 0. The van der Waals surface area contributed by atoms with Gasteiger partial charge in [0.05, 0.1) is 11.3 Å². The highest BCUT2D eigenvalue weighted by Gasteiger charge is 2.42. The molecule has 0 bridgehead atoms. The number of anilines is 1. The van der Waals surface area contributed by atoms with Crippen molar-refractivity contribution in [3.63, 3.8) is 0 Å². The Morgan fingerprint density at radius 2 is 1.59 bits per heavy atom. The van der Waals surface area contributed by atoms with Crippen LogP contribution in [0.2, 0.25) is 5.02 Å². The summed E-state index contributed by atoms with van der Waals surface area (Å²) in [6.07, 6.45) is 3.05. The predicted octanol–water partition coefficient (Wildman–Crippen LogP) is 4.25. The van der Waals surface area contributed by atoms with Crippen molar-refractivity contribution in [3.05, 3.63) is 70.6 Å². The van der Waals surface area contributed by atoms with Gasteiger partial charge in [0.25, 0.3) is 11.8 Å². The van der Waals surface area contributed by atoms with Gasteiger partial charge < -0.3 is 4.90 Å². The summed E-state index contributed by atoms with van der Waals surface area (Å²) in [5.74, 6) is -1.33. The number of carbonyl (C=O) groups excluding carboxylic acids is 2. The molecule has 0 spiro atoms. The van der Waals surface area contributed by atoms with Gasteiger partial charge in [-0.3, -0.25) is 9.59 Å². The Kier molecular flexibility index (Phi) is 4.70. The van der Waals surface area contributed by atoms with Crippen LogP contribution in [0.5, 0.6) is 0 Å². The molecule has 27 heavy (non-hydrogen) atoms. The van der Waals surface area contributed by atoms with E-state index < -0.39 is 17.6 Å². The summed E-state index contributed by atoms with van der Waals surface area (Å²) in [4.78, 5) is 29.5. The summed E-state index contributed by atoms with van der Waals surface area (Å²) < 4.78 is 13.7. The summed E-state index contributed by atoms with van der Waals surface area (Å²) >= 11 is 5.98. The number of nitrogens with zero attached hydrogens (tertiary/aromatic N) is 2. The van der Waals surface area contributed by atoms with Crippen LogP contribution < -0.4 is 4.90 Å². The minimum atomic E-state index is -0.493. The van der Waals surface area contributed by atoms with Gasteiger partial charge in [-0.1, -0.05) is 29.8 Å². The fourth-order valence-corrected chi connectivity index (χ4v) is 3.78. The maximum Gasteiger partial charge on any atom is 0.282 e. The van der Waals surface area contributed by atoms with Crippen molar-refractivity contribution in [3.8, 4) is 0 Å². The van der Waals surface area contributed by atoms with E-state index in [1.165, 1.54) is 18.2 Å². The van der Waals surface area contributed by atoms with E-state index in [9.17, 15) is 14.0 Å². The van der Waals surface area contributed by atoms with E-state index in [1.54, 1.807) is 30.3 Å². The van der Waals surface area contributed by atoms with Crippen molar-refractivity contribution in [1.29, 1.82) is 0 Å².